The number of fused-ring (bicyclic) bond motifs is 1. The van der Waals surface area contributed by atoms with Gasteiger partial charge in [0.05, 0.1) is 13.2 Å². The predicted molar refractivity (Wildman–Crippen MR) is 95.0 cm³/mol. The second kappa shape index (κ2) is 8.84. The third kappa shape index (κ3) is 4.85. The van der Waals surface area contributed by atoms with Gasteiger partial charge in [-0.25, -0.2) is 4.79 Å². The number of aromatic hydroxyl groups is 1. The number of carbonyl (C=O) groups excluding carboxylic acids is 1. The van der Waals surface area contributed by atoms with E-state index in [2.05, 4.69) is 0 Å². The van der Waals surface area contributed by atoms with E-state index in [4.69, 9.17) is 9.47 Å². The molecule has 0 aliphatic carbocycles. The number of aliphatic hydroxyl groups excluding tert-OH is 3. The number of phenols is 1. The monoisotopic (exact) mass is 364 g/mol. The van der Waals surface area contributed by atoms with E-state index < -0.39 is 30.4 Å². The molecule has 4 N–H and O–H groups in total. The van der Waals surface area contributed by atoms with Gasteiger partial charge in [0, 0.05) is 12.5 Å². The largest absolute Gasteiger partial charge is 0.507 e. The van der Waals surface area contributed by atoms with E-state index in [-0.39, 0.29) is 17.7 Å². The number of ether oxygens (including phenoxy) is 2. The molecule has 26 heavy (non-hydrogen) atoms. The Hall–Kier alpha value is -2.35. The Morgan fingerprint density at radius 1 is 1.15 bits per heavy atom. The van der Waals surface area contributed by atoms with Gasteiger partial charge in [-0.1, -0.05) is 24.3 Å². The topological polar surface area (TPSA) is 116 Å². The van der Waals surface area contributed by atoms with Crippen molar-refractivity contribution in [1.29, 1.82) is 0 Å². The molecule has 1 aliphatic heterocycles. The highest BCUT2D eigenvalue weighted by Gasteiger charge is 2.23. The summed E-state index contributed by atoms with van der Waals surface area (Å²) in [7, 11) is 1.43. The highest BCUT2D eigenvalue weighted by Crippen LogP contribution is 2.30. The Morgan fingerprint density at radius 2 is 1.88 bits per heavy atom. The fourth-order valence-corrected chi connectivity index (χ4v) is 2.61. The molecule has 0 amide bonds. The molecule has 0 bridgehead atoms. The first kappa shape index (κ1) is 20.0. The number of rotatable bonds is 1. The standard InChI is InChI=1S/C19H24O7/c1-11-5-3-7-14(20)18(23)15(21)8-4-6-12-9-13(25-2)10-16(22)17(12)19(24)26-11/h3-4,6-7,9-11,14-15,18,20-23H,5,8H2,1-2H3/b6-4+,7-3-/t11-,14-,15-,18+/m0/s1. The van der Waals surface area contributed by atoms with Crippen molar-refractivity contribution in [2.75, 3.05) is 7.11 Å². The van der Waals surface area contributed by atoms with E-state index in [1.807, 2.05) is 0 Å². The molecule has 0 aromatic heterocycles. The summed E-state index contributed by atoms with van der Waals surface area (Å²) >= 11 is 0. The van der Waals surface area contributed by atoms with Crippen LogP contribution in [-0.2, 0) is 4.74 Å². The zero-order valence-electron chi connectivity index (χ0n) is 14.7. The summed E-state index contributed by atoms with van der Waals surface area (Å²) < 4.78 is 10.4. The fraction of sp³-hybridized carbons (Fsp3) is 0.421. The van der Waals surface area contributed by atoms with E-state index in [9.17, 15) is 25.2 Å². The van der Waals surface area contributed by atoms with Crippen LogP contribution in [0.1, 0.15) is 35.7 Å². The third-order valence-corrected chi connectivity index (χ3v) is 4.09. The van der Waals surface area contributed by atoms with Crippen molar-refractivity contribution >= 4 is 12.0 Å². The molecule has 0 radical (unpaired) electrons. The average Bonchev–Trinajstić information content (AvgIpc) is 2.59. The van der Waals surface area contributed by atoms with Gasteiger partial charge >= 0.3 is 5.97 Å². The lowest BCUT2D eigenvalue weighted by Crippen LogP contribution is -2.35. The number of hydrogen-bond acceptors (Lipinski definition) is 7. The third-order valence-electron chi connectivity index (χ3n) is 4.09. The molecule has 1 heterocycles. The lowest BCUT2D eigenvalue weighted by molar-refractivity contribution is -0.0394. The summed E-state index contributed by atoms with van der Waals surface area (Å²) in [4.78, 5) is 12.5. The molecular formula is C19H24O7. The van der Waals surface area contributed by atoms with Gasteiger partial charge in [-0.2, -0.15) is 0 Å². The van der Waals surface area contributed by atoms with Crippen LogP contribution >= 0.6 is 0 Å². The summed E-state index contributed by atoms with van der Waals surface area (Å²) in [5, 5.41) is 40.0. The quantitative estimate of drug-likeness (QED) is 0.439. The number of carbonyl (C=O) groups is 1. The molecule has 0 saturated heterocycles. The van der Waals surface area contributed by atoms with Crippen molar-refractivity contribution in [3.63, 3.8) is 0 Å². The number of benzene rings is 1. The zero-order valence-corrected chi connectivity index (χ0v) is 14.7. The molecule has 7 nitrogen and oxygen atoms in total. The van der Waals surface area contributed by atoms with Crippen molar-refractivity contribution in [2.45, 2.75) is 44.2 Å². The smallest absolute Gasteiger partial charge is 0.342 e. The minimum atomic E-state index is -1.35. The van der Waals surface area contributed by atoms with Gasteiger partial charge in [-0.05, 0) is 25.0 Å². The van der Waals surface area contributed by atoms with Crippen molar-refractivity contribution in [3.05, 3.63) is 41.5 Å². The van der Waals surface area contributed by atoms with Crippen molar-refractivity contribution in [2.24, 2.45) is 0 Å². The van der Waals surface area contributed by atoms with Gasteiger partial charge in [0.15, 0.2) is 0 Å². The van der Waals surface area contributed by atoms with Crippen molar-refractivity contribution in [3.8, 4) is 11.5 Å². The number of aliphatic hydroxyl groups is 3. The van der Waals surface area contributed by atoms with Gasteiger partial charge in [-0.15, -0.1) is 0 Å². The van der Waals surface area contributed by atoms with E-state index in [1.54, 1.807) is 19.1 Å². The normalized spacial score (nSPS) is 29.8. The molecule has 142 valence electrons. The number of phenolic OH excluding ortho intramolecular Hbond substituents is 1. The molecule has 0 fully saturated rings. The average molecular weight is 364 g/mol. The Labute approximate surface area is 151 Å². The number of cyclic esters (lactones) is 1. The number of methoxy groups -OCH3 is 1. The molecule has 0 spiro atoms. The maximum atomic E-state index is 12.5. The van der Waals surface area contributed by atoms with Crippen LogP contribution in [0.3, 0.4) is 0 Å². The zero-order chi connectivity index (χ0) is 19.3. The van der Waals surface area contributed by atoms with Gasteiger partial charge < -0.3 is 29.9 Å². The Balaban J connectivity index is 2.44. The van der Waals surface area contributed by atoms with Crippen LogP contribution in [0.25, 0.3) is 6.08 Å². The van der Waals surface area contributed by atoms with Crippen LogP contribution in [0.5, 0.6) is 11.5 Å². The van der Waals surface area contributed by atoms with Crippen molar-refractivity contribution < 1.29 is 34.7 Å². The molecule has 7 heteroatoms. The summed E-state index contributed by atoms with van der Waals surface area (Å²) in [6.07, 6.45) is 2.00. The summed E-state index contributed by atoms with van der Waals surface area (Å²) in [6.45, 7) is 1.67. The highest BCUT2D eigenvalue weighted by atomic mass is 16.5. The van der Waals surface area contributed by atoms with Crippen LogP contribution in [0.4, 0.5) is 0 Å². The molecule has 2 rings (SSSR count). The van der Waals surface area contributed by atoms with Gasteiger partial charge in [0.2, 0.25) is 0 Å². The molecule has 0 saturated carbocycles. The van der Waals surface area contributed by atoms with Gasteiger partial charge in [0.25, 0.3) is 0 Å². The van der Waals surface area contributed by atoms with Crippen LogP contribution in [-0.4, -0.2) is 57.9 Å². The van der Waals surface area contributed by atoms with Crippen LogP contribution in [0.15, 0.2) is 30.4 Å². The van der Waals surface area contributed by atoms with Gasteiger partial charge in [0.1, 0.15) is 35.4 Å². The highest BCUT2D eigenvalue weighted by molar-refractivity contribution is 5.97. The number of hydrogen-bond donors (Lipinski definition) is 4. The lowest BCUT2D eigenvalue weighted by Gasteiger charge is -2.20. The second-order valence-corrected chi connectivity index (χ2v) is 6.18. The Kier molecular flexibility index (Phi) is 6.79. The maximum Gasteiger partial charge on any atom is 0.342 e. The second-order valence-electron chi connectivity index (χ2n) is 6.18. The van der Waals surface area contributed by atoms with Gasteiger partial charge in [-0.3, -0.25) is 0 Å². The summed E-state index contributed by atoms with van der Waals surface area (Å²) in [5.74, 6) is -0.615. The Morgan fingerprint density at radius 3 is 2.58 bits per heavy atom. The first-order valence-electron chi connectivity index (χ1n) is 8.32. The van der Waals surface area contributed by atoms with E-state index in [1.165, 1.54) is 31.4 Å². The molecule has 4 atom stereocenters. The summed E-state index contributed by atoms with van der Waals surface area (Å²) in [5.41, 5.74) is 0.346. The van der Waals surface area contributed by atoms with E-state index in [0.717, 1.165) is 0 Å². The predicted octanol–water partition coefficient (Wildman–Crippen LogP) is 1.39. The van der Waals surface area contributed by atoms with E-state index in [0.29, 0.717) is 17.7 Å². The molecule has 1 aliphatic rings. The maximum absolute atomic E-state index is 12.5. The fourth-order valence-electron chi connectivity index (χ4n) is 2.61. The summed E-state index contributed by atoms with van der Waals surface area (Å²) in [6, 6.07) is 2.87. The van der Waals surface area contributed by atoms with Crippen LogP contribution in [0.2, 0.25) is 0 Å². The number of esters is 1. The minimum Gasteiger partial charge on any atom is -0.507 e. The molecule has 0 unspecified atom stereocenters. The Bertz CT molecular complexity index is 695. The molecular weight excluding hydrogens is 340 g/mol. The lowest BCUT2D eigenvalue weighted by atomic mass is 10.0. The molecule has 1 aromatic carbocycles. The van der Waals surface area contributed by atoms with Crippen LogP contribution in [0, 0.1) is 0 Å². The van der Waals surface area contributed by atoms with Crippen LogP contribution < -0.4 is 4.74 Å². The molecule has 1 aromatic rings. The first-order valence-corrected chi connectivity index (χ1v) is 8.32. The SMILES string of the molecule is COc1cc(O)c2c(c1)/C=C/C[C@H](O)[C@H](O)[C@@H](O)/C=C\C[C@H](C)OC2=O. The van der Waals surface area contributed by atoms with E-state index >= 15 is 0 Å². The first-order chi connectivity index (χ1) is 12.3. The van der Waals surface area contributed by atoms with Crippen molar-refractivity contribution in [1.82, 2.24) is 0 Å². The minimum absolute atomic E-state index is 0.00925.